The van der Waals surface area contributed by atoms with Crippen LogP contribution in [0, 0.1) is 0 Å². The minimum atomic E-state index is -3.79. The fraction of sp³-hybridized carbons (Fsp3) is 0.500. The lowest BCUT2D eigenvalue weighted by Gasteiger charge is -2.34. The Kier molecular flexibility index (Phi) is 3.98. The van der Waals surface area contributed by atoms with Crippen LogP contribution in [0.4, 0.5) is 11.4 Å². The average Bonchev–Trinajstić information content (AvgIpc) is 2.37. The van der Waals surface area contributed by atoms with E-state index >= 15 is 0 Å². The van der Waals surface area contributed by atoms with Crippen LogP contribution in [0.5, 0.6) is 0 Å². The maximum atomic E-state index is 11.7. The highest BCUT2D eigenvalue weighted by Gasteiger charge is 2.24. The van der Waals surface area contributed by atoms with Gasteiger partial charge in [-0.1, -0.05) is 0 Å². The zero-order valence-corrected chi connectivity index (χ0v) is 11.7. The van der Waals surface area contributed by atoms with E-state index in [2.05, 4.69) is 0 Å². The fourth-order valence-electron chi connectivity index (χ4n) is 2.37. The highest BCUT2D eigenvalue weighted by atomic mass is 32.2. The van der Waals surface area contributed by atoms with Crippen LogP contribution in [0.3, 0.4) is 0 Å². The first-order valence-corrected chi connectivity index (χ1v) is 7.66. The summed E-state index contributed by atoms with van der Waals surface area (Å²) >= 11 is 0. The second kappa shape index (κ2) is 5.36. The lowest BCUT2D eigenvalue weighted by molar-refractivity contribution is 0.0892. The van der Waals surface area contributed by atoms with Crippen molar-refractivity contribution < 1.29 is 13.2 Å². The van der Waals surface area contributed by atoms with Gasteiger partial charge in [0.2, 0.25) is 10.0 Å². The Morgan fingerprint density at radius 2 is 2.16 bits per heavy atom. The number of sulfonamides is 1. The number of nitrogens with two attached hydrogens (primary N) is 2. The molecule has 19 heavy (non-hydrogen) atoms. The lowest BCUT2D eigenvalue weighted by Crippen LogP contribution is -2.40. The van der Waals surface area contributed by atoms with Crippen molar-refractivity contribution in [2.75, 3.05) is 30.8 Å². The molecule has 0 bridgehead atoms. The normalized spacial score (nSPS) is 20.5. The molecule has 1 unspecified atom stereocenters. The zero-order chi connectivity index (χ0) is 14.0. The average molecular weight is 285 g/mol. The van der Waals surface area contributed by atoms with Crippen LogP contribution in [0.15, 0.2) is 23.1 Å². The Bertz CT molecular complexity index is 559. The molecule has 1 aliphatic heterocycles. The van der Waals surface area contributed by atoms with E-state index in [4.69, 9.17) is 15.6 Å². The molecule has 0 aromatic heterocycles. The number of hydrogen-bond donors (Lipinski definition) is 2. The van der Waals surface area contributed by atoms with Gasteiger partial charge in [-0.05, 0) is 31.0 Å². The molecular formula is C12H19N3O3S. The maximum absolute atomic E-state index is 11.7. The maximum Gasteiger partial charge on any atom is 0.240 e. The van der Waals surface area contributed by atoms with Crippen molar-refractivity contribution in [1.82, 2.24) is 0 Å². The fourth-order valence-corrected chi connectivity index (χ4v) is 3.16. The van der Waals surface area contributed by atoms with Crippen molar-refractivity contribution in [1.29, 1.82) is 0 Å². The molecule has 1 aromatic carbocycles. The summed E-state index contributed by atoms with van der Waals surface area (Å²) in [7, 11) is -2.13. The number of rotatable bonds is 3. The molecule has 1 heterocycles. The molecule has 1 saturated heterocycles. The smallest absolute Gasteiger partial charge is 0.240 e. The monoisotopic (exact) mass is 285 g/mol. The van der Waals surface area contributed by atoms with Crippen molar-refractivity contribution in [2.45, 2.75) is 23.8 Å². The van der Waals surface area contributed by atoms with Crippen molar-refractivity contribution in [3.8, 4) is 0 Å². The molecular weight excluding hydrogens is 266 g/mol. The van der Waals surface area contributed by atoms with Gasteiger partial charge in [-0.25, -0.2) is 13.6 Å². The summed E-state index contributed by atoms with van der Waals surface area (Å²) in [4.78, 5) is 2.06. The van der Waals surface area contributed by atoms with E-state index in [0.717, 1.165) is 19.4 Å². The number of methoxy groups -OCH3 is 1. The quantitative estimate of drug-likeness (QED) is 0.789. The standard InChI is InChI=1S/C12H19N3O3S/c1-18-10-3-2-6-15(8-10)11-5-4-9(13)7-12(11)19(14,16)17/h4-5,7,10H,2-3,6,8,13H2,1H3,(H2,14,16,17). The second-order valence-corrected chi connectivity index (χ2v) is 6.25. The number of benzene rings is 1. The van der Waals surface area contributed by atoms with E-state index in [9.17, 15) is 8.42 Å². The summed E-state index contributed by atoms with van der Waals surface area (Å²) in [5.41, 5.74) is 6.62. The van der Waals surface area contributed by atoms with Gasteiger partial charge in [0.1, 0.15) is 4.90 Å². The first kappa shape index (κ1) is 14.1. The minimum Gasteiger partial charge on any atom is -0.399 e. The van der Waals surface area contributed by atoms with Crippen LogP contribution in [-0.4, -0.2) is 34.7 Å². The molecule has 1 aromatic rings. The molecule has 6 nitrogen and oxygen atoms in total. The van der Waals surface area contributed by atoms with Gasteiger partial charge >= 0.3 is 0 Å². The number of ether oxygens (including phenoxy) is 1. The molecule has 1 atom stereocenters. The van der Waals surface area contributed by atoms with Crippen LogP contribution in [-0.2, 0) is 14.8 Å². The predicted molar refractivity (Wildman–Crippen MR) is 74.5 cm³/mol. The SMILES string of the molecule is COC1CCCN(c2ccc(N)cc2S(N)(=O)=O)C1. The Balaban J connectivity index is 2.39. The van der Waals surface area contributed by atoms with Gasteiger partial charge in [0.15, 0.2) is 0 Å². The van der Waals surface area contributed by atoms with E-state index in [-0.39, 0.29) is 11.0 Å². The third-order valence-electron chi connectivity index (χ3n) is 3.34. The Hall–Kier alpha value is -1.31. The molecule has 0 spiro atoms. The molecule has 0 aliphatic carbocycles. The summed E-state index contributed by atoms with van der Waals surface area (Å²) in [6.45, 7) is 1.44. The number of nitrogens with zero attached hydrogens (tertiary/aromatic N) is 1. The summed E-state index contributed by atoms with van der Waals surface area (Å²) < 4.78 is 28.7. The minimum absolute atomic E-state index is 0.0734. The van der Waals surface area contributed by atoms with Crippen molar-refractivity contribution in [3.05, 3.63) is 18.2 Å². The summed E-state index contributed by atoms with van der Waals surface area (Å²) in [5, 5.41) is 5.26. The molecule has 0 radical (unpaired) electrons. The molecule has 1 aliphatic rings. The largest absolute Gasteiger partial charge is 0.399 e. The van der Waals surface area contributed by atoms with Gasteiger partial charge in [0.25, 0.3) is 0 Å². The summed E-state index contributed by atoms with van der Waals surface area (Å²) in [6.07, 6.45) is 2.04. The molecule has 0 saturated carbocycles. The van der Waals surface area contributed by atoms with E-state index in [1.807, 2.05) is 4.90 Å². The topological polar surface area (TPSA) is 98.7 Å². The highest BCUT2D eigenvalue weighted by Crippen LogP contribution is 2.29. The highest BCUT2D eigenvalue weighted by molar-refractivity contribution is 7.89. The van der Waals surface area contributed by atoms with Crippen molar-refractivity contribution in [3.63, 3.8) is 0 Å². The zero-order valence-electron chi connectivity index (χ0n) is 10.9. The summed E-state index contributed by atoms with van der Waals surface area (Å²) in [5.74, 6) is 0. The molecule has 4 N–H and O–H groups in total. The molecule has 7 heteroatoms. The van der Waals surface area contributed by atoms with Gasteiger partial charge in [-0.2, -0.15) is 0 Å². The first-order chi connectivity index (χ1) is 8.91. The number of piperidine rings is 1. The van der Waals surface area contributed by atoms with E-state index in [0.29, 0.717) is 17.9 Å². The Morgan fingerprint density at radius 1 is 1.42 bits per heavy atom. The van der Waals surface area contributed by atoms with Crippen molar-refractivity contribution >= 4 is 21.4 Å². The van der Waals surface area contributed by atoms with E-state index in [1.54, 1.807) is 19.2 Å². The van der Waals surface area contributed by atoms with Gasteiger partial charge in [-0.15, -0.1) is 0 Å². The van der Waals surface area contributed by atoms with Crippen molar-refractivity contribution in [2.24, 2.45) is 5.14 Å². The van der Waals surface area contributed by atoms with E-state index < -0.39 is 10.0 Å². The number of anilines is 2. The van der Waals surface area contributed by atoms with Crippen LogP contribution >= 0.6 is 0 Å². The molecule has 0 amide bonds. The lowest BCUT2D eigenvalue weighted by atomic mass is 10.1. The molecule has 2 rings (SSSR count). The van der Waals surface area contributed by atoms with Gasteiger partial charge in [0.05, 0.1) is 11.8 Å². The van der Waals surface area contributed by atoms with Gasteiger partial charge < -0.3 is 15.4 Å². The van der Waals surface area contributed by atoms with Gasteiger partial charge in [-0.3, -0.25) is 0 Å². The van der Waals surface area contributed by atoms with Crippen LogP contribution < -0.4 is 15.8 Å². The second-order valence-electron chi connectivity index (χ2n) is 4.72. The first-order valence-electron chi connectivity index (χ1n) is 6.12. The molecule has 1 fully saturated rings. The Morgan fingerprint density at radius 3 is 2.79 bits per heavy atom. The van der Waals surface area contributed by atoms with Crippen LogP contribution in [0.1, 0.15) is 12.8 Å². The number of hydrogen-bond acceptors (Lipinski definition) is 5. The third-order valence-corrected chi connectivity index (χ3v) is 4.28. The van der Waals surface area contributed by atoms with Crippen LogP contribution in [0.25, 0.3) is 0 Å². The number of primary sulfonamides is 1. The Labute approximate surface area is 113 Å². The van der Waals surface area contributed by atoms with Gasteiger partial charge in [0, 0.05) is 25.9 Å². The summed E-state index contributed by atoms with van der Waals surface area (Å²) in [6, 6.07) is 4.79. The predicted octanol–water partition coefficient (Wildman–Crippen LogP) is 0.531. The number of nitrogen functional groups attached to an aromatic ring is 1. The molecule has 106 valence electrons. The third kappa shape index (κ3) is 3.17. The van der Waals surface area contributed by atoms with Crippen LogP contribution in [0.2, 0.25) is 0 Å². The van der Waals surface area contributed by atoms with E-state index in [1.165, 1.54) is 6.07 Å².